The first-order valence-electron chi connectivity index (χ1n) is 4.50. The van der Waals surface area contributed by atoms with E-state index in [9.17, 15) is 0 Å². The molecule has 1 saturated carbocycles. The number of nitrogens with zero attached hydrogens (tertiary/aromatic N) is 2. The zero-order valence-corrected chi connectivity index (χ0v) is 7.11. The molecule has 3 nitrogen and oxygen atoms in total. The molecule has 0 aromatic carbocycles. The number of imidazole rings is 1. The van der Waals surface area contributed by atoms with Gasteiger partial charge >= 0.3 is 0 Å². The van der Waals surface area contributed by atoms with Gasteiger partial charge in [0.25, 0.3) is 0 Å². The van der Waals surface area contributed by atoms with Gasteiger partial charge in [0.15, 0.2) is 0 Å². The van der Waals surface area contributed by atoms with Crippen LogP contribution in [0.25, 0.3) is 0 Å². The van der Waals surface area contributed by atoms with Crippen molar-refractivity contribution in [2.75, 3.05) is 0 Å². The Labute approximate surface area is 72.0 Å². The Bertz CT molecular complexity index is 253. The number of aliphatic hydroxyl groups is 1. The molecule has 1 heterocycles. The average Bonchev–Trinajstić information content (AvgIpc) is 2.81. The third kappa shape index (κ3) is 1.67. The van der Waals surface area contributed by atoms with Gasteiger partial charge in [-0.05, 0) is 12.3 Å². The van der Waals surface area contributed by atoms with Crippen molar-refractivity contribution in [1.82, 2.24) is 9.55 Å². The molecule has 1 N–H and O–H groups in total. The van der Waals surface area contributed by atoms with E-state index < -0.39 is 0 Å². The Balaban J connectivity index is 1.91. The van der Waals surface area contributed by atoms with Crippen LogP contribution < -0.4 is 0 Å². The number of aryl methyl sites for hydroxylation is 1. The van der Waals surface area contributed by atoms with Crippen molar-refractivity contribution in [3.05, 3.63) is 18.2 Å². The maximum atomic E-state index is 8.93. The van der Waals surface area contributed by atoms with Crippen LogP contribution in [0, 0.1) is 5.92 Å². The Morgan fingerprint density at radius 3 is 3.08 bits per heavy atom. The molecule has 12 heavy (non-hydrogen) atoms. The smallest absolute Gasteiger partial charge is 0.0948 e. The lowest BCUT2D eigenvalue weighted by molar-refractivity contribution is 0.270. The van der Waals surface area contributed by atoms with Gasteiger partial charge in [0.1, 0.15) is 0 Å². The first-order valence-corrected chi connectivity index (χ1v) is 4.50. The molecule has 0 spiro atoms. The predicted octanol–water partition coefficient (Wildman–Crippen LogP) is 1.18. The summed E-state index contributed by atoms with van der Waals surface area (Å²) in [7, 11) is 0. The van der Waals surface area contributed by atoms with Gasteiger partial charge in [0.2, 0.25) is 0 Å². The Morgan fingerprint density at radius 1 is 1.58 bits per heavy atom. The van der Waals surface area contributed by atoms with Gasteiger partial charge in [0.05, 0.1) is 24.8 Å². The second kappa shape index (κ2) is 3.27. The summed E-state index contributed by atoms with van der Waals surface area (Å²) in [4.78, 5) is 3.99. The van der Waals surface area contributed by atoms with Crippen LogP contribution in [0.1, 0.15) is 25.0 Å². The van der Waals surface area contributed by atoms with Crippen molar-refractivity contribution in [1.29, 1.82) is 0 Å². The molecule has 1 aliphatic rings. The Kier molecular flexibility index (Phi) is 2.13. The summed E-state index contributed by atoms with van der Waals surface area (Å²) in [6.45, 7) is 1.12. The van der Waals surface area contributed by atoms with Crippen molar-refractivity contribution >= 4 is 0 Å². The normalized spacial score (nSPS) is 16.8. The molecule has 0 bridgehead atoms. The van der Waals surface area contributed by atoms with Gasteiger partial charge in [-0.25, -0.2) is 4.98 Å². The number of hydrogen-bond acceptors (Lipinski definition) is 2. The zero-order chi connectivity index (χ0) is 8.39. The third-order valence-corrected chi connectivity index (χ3v) is 2.44. The van der Waals surface area contributed by atoms with E-state index in [1.807, 2.05) is 4.57 Å². The summed E-state index contributed by atoms with van der Waals surface area (Å²) in [5.41, 5.74) is 0.927. The fourth-order valence-corrected chi connectivity index (χ4v) is 1.41. The minimum Gasteiger partial charge on any atom is -0.390 e. The predicted molar refractivity (Wildman–Crippen MR) is 45.5 cm³/mol. The largest absolute Gasteiger partial charge is 0.390 e. The maximum absolute atomic E-state index is 8.93. The quantitative estimate of drug-likeness (QED) is 0.729. The fourth-order valence-electron chi connectivity index (χ4n) is 1.41. The van der Waals surface area contributed by atoms with Crippen LogP contribution in [0.4, 0.5) is 0 Å². The van der Waals surface area contributed by atoms with E-state index in [-0.39, 0.29) is 6.61 Å². The number of hydrogen-bond donors (Lipinski definition) is 1. The van der Waals surface area contributed by atoms with Gasteiger partial charge in [-0.3, -0.25) is 0 Å². The molecule has 1 aromatic rings. The molecule has 1 fully saturated rings. The molecular weight excluding hydrogens is 152 g/mol. The van der Waals surface area contributed by atoms with Crippen LogP contribution in [0.2, 0.25) is 0 Å². The second-order valence-electron chi connectivity index (χ2n) is 3.47. The van der Waals surface area contributed by atoms with Crippen molar-refractivity contribution in [2.45, 2.75) is 32.4 Å². The summed E-state index contributed by atoms with van der Waals surface area (Å²) in [6.07, 6.45) is 7.55. The molecule has 0 saturated heterocycles. The van der Waals surface area contributed by atoms with E-state index in [2.05, 4.69) is 4.98 Å². The van der Waals surface area contributed by atoms with E-state index in [4.69, 9.17) is 5.11 Å². The molecule has 0 unspecified atom stereocenters. The number of rotatable bonds is 4. The number of aromatic nitrogens is 2. The summed E-state index contributed by atoms with van der Waals surface area (Å²) in [5.74, 6) is 0.943. The zero-order valence-electron chi connectivity index (χ0n) is 7.11. The highest BCUT2D eigenvalue weighted by molar-refractivity contribution is 4.96. The lowest BCUT2D eigenvalue weighted by Crippen LogP contribution is -2.02. The first-order chi connectivity index (χ1) is 5.90. The number of aliphatic hydroxyl groups excluding tert-OH is 1. The van der Waals surface area contributed by atoms with Gasteiger partial charge in [-0.1, -0.05) is 12.8 Å². The highest BCUT2D eigenvalue weighted by Crippen LogP contribution is 2.32. The molecule has 1 aromatic heterocycles. The first kappa shape index (κ1) is 7.80. The minimum absolute atomic E-state index is 0.102. The van der Waals surface area contributed by atoms with Crippen molar-refractivity contribution in [2.24, 2.45) is 5.92 Å². The van der Waals surface area contributed by atoms with Crippen molar-refractivity contribution in [3.63, 3.8) is 0 Å². The molecule has 2 rings (SSSR count). The molecule has 3 heteroatoms. The van der Waals surface area contributed by atoms with Crippen LogP contribution >= 0.6 is 0 Å². The fraction of sp³-hybridized carbons (Fsp3) is 0.667. The standard InChI is InChI=1S/C9H14N2O/c12-6-9-5-10-7-11(9)4-3-8-1-2-8/h5,7-8,12H,1-4,6H2. The third-order valence-electron chi connectivity index (χ3n) is 2.44. The van der Waals surface area contributed by atoms with E-state index >= 15 is 0 Å². The molecule has 0 aliphatic heterocycles. The average molecular weight is 166 g/mol. The van der Waals surface area contributed by atoms with Gasteiger partial charge in [-0.2, -0.15) is 0 Å². The molecule has 0 amide bonds. The van der Waals surface area contributed by atoms with Crippen LogP contribution in [-0.4, -0.2) is 14.7 Å². The summed E-state index contributed by atoms with van der Waals surface area (Å²) >= 11 is 0. The van der Waals surface area contributed by atoms with Crippen molar-refractivity contribution in [3.8, 4) is 0 Å². The monoisotopic (exact) mass is 166 g/mol. The maximum Gasteiger partial charge on any atom is 0.0948 e. The SMILES string of the molecule is OCc1cncn1CCC1CC1. The molecule has 0 atom stereocenters. The summed E-state index contributed by atoms with van der Waals surface area (Å²) in [5, 5.41) is 8.93. The van der Waals surface area contributed by atoms with E-state index in [1.165, 1.54) is 19.3 Å². The highest BCUT2D eigenvalue weighted by Gasteiger charge is 2.20. The summed E-state index contributed by atoms with van der Waals surface area (Å²) in [6, 6.07) is 0. The minimum atomic E-state index is 0.102. The molecular formula is C9H14N2O. The van der Waals surface area contributed by atoms with E-state index in [1.54, 1.807) is 12.5 Å². The van der Waals surface area contributed by atoms with Gasteiger partial charge in [0, 0.05) is 6.54 Å². The summed E-state index contributed by atoms with van der Waals surface area (Å²) < 4.78 is 2.04. The second-order valence-corrected chi connectivity index (χ2v) is 3.47. The van der Waals surface area contributed by atoms with Crippen molar-refractivity contribution < 1.29 is 5.11 Å². The highest BCUT2D eigenvalue weighted by atomic mass is 16.3. The van der Waals surface area contributed by atoms with E-state index in [0.717, 1.165) is 18.2 Å². The van der Waals surface area contributed by atoms with Crippen LogP contribution in [0.3, 0.4) is 0 Å². The van der Waals surface area contributed by atoms with Crippen LogP contribution in [-0.2, 0) is 13.2 Å². The molecule has 0 radical (unpaired) electrons. The van der Waals surface area contributed by atoms with Gasteiger partial charge < -0.3 is 9.67 Å². The molecule has 66 valence electrons. The topological polar surface area (TPSA) is 38.1 Å². The van der Waals surface area contributed by atoms with Crippen LogP contribution in [0.5, 0.6) is 0 Å². The lowest BCUT2D eigenvalue weighted by Gasteiger charge is -2.04. The Hall–Kier alpha value is -0.830. The van der Waals surface area contributed by atoms with Gasteiger partial charge in [-0.15, -0.1) is 0 Å². The lowest BCUT2D eigenvalue weighted by atomic mass is 10.3. The molecule has 1 aliphatic carbocycles. The Morgan fingerprint density at radius 2 is 2.42 bits per heavy atom. The van der Waals surface area contributed by atoms with E-state index in [0.29, 0.717) is 0 Å². The van der Waals surface area contributed by atoms with Crippen LogP contribution in [0.15, 0.2) is 12.5 Å².